The normalized spacial score (nSPS) is 18.9. The van der Waals surface area contributed by atoms with Crippen LogP contribution in [-0.2, 0) is 9.59 Å². The lowest BCUT2D eigenvalue weighted by Crippen LogP contribution is -2.40. The zero-order valence-electron chi connectivity index (χ0n) is 14.0. The van der Waals surface area contributed by atoms with Gasteiger partial charge < -0.3 is 5.32 Å². The molecule has 1 aliphatic rings. The summed E-state index contributed by atoms with van der Waals surface area (Å²) in [6, 6.07) is 17.2. The molecule has 4 heteroatoms. The van der Waals surface area contributed by atoms with Crippen LogP contribution in [0.1, 0.15) is 30.4 Å². The van der Waals surface area contributed by atoms with Gasteiger partial charge in [-0.05, 0) is 30.5 Å². The minimum absolute atomic E-state index is 0.145. The Hall–Kier alpha value is -2.46. The predicted molar refractivity (Wildman–Crippen MR) is 94.9 cm³/mol. The number of aryl methyl sites for hydroxylation is 1. The summed E-state index contributed by atoms with van der Waals surface area (Å²) >= 11 is 0. The molecular formula is C20H22N2O2. The number of rotatable bonds is 5. The minimum atomic E-state index is -0.440. The third-order valence-electron chi connectivity index (χ3n) is 4.48. The van der Waals surface area contributed by atoms with Crippen LogP contribution in [0.3, 0.4) is 0 Å². The van der Waals surface area contributed by atoms with E-state index in [4.69, 9.17) is 0 Å². The number of hydrogen-bond donors (Lipinski definition) is 1. The van der Waals surface area contributed by atoms with Crippen molar-refractivity contribution in [1.29, 1.82) is 0 Å². The molecule has 2 aromatic carbocycles. The van der Waals surface area contributed by atoms with Crippen LogP contribution >= 0.6 is 0 Å². The quantitative estimate of drug-likeness (QED) is 0.861. The van der Waals surface area contributed by atoms with Crippen molar-refractivity contribution in [2.24, 2.45) is 0 Å². The van der Waals surface area contributed by atoms with Crippen molar-refractivity contribution in [3.8, 4) is 0 Å². The highest BCUT2D eigenvalue weighted by atomic mass is 16.2. The van der Waals surface area contributed by atoms with Gasteiger partial charge in [-0.15, -0.1) is 0 Å². The summed E-state index contributed by atoms with van der Waals surface area (Å²) in [4.78, 5) is 26.1. The van der Waals surface area contributed by atoms with E-state index in [2.05, 4.69) is 24.4 Å². The van der Waals surface area contributed by atoms with Gasteiger partial charge in [-0.25, -0.2) is 4.90 Å². The van der Waals surface area contributed by atoms with E-state index in [9.17, 15) is 9.59 Å². The maximum absolute atomic E-state index is 12.6. The molecule has 0 aliphatic carbocycles. The smallest absolute Gasteiger partial charge is 0.251 e. The molecule has 2 atom stereocenters. The molecule has 0 aromatic heterocycles. The van der Waals surface area contributed by atoms with Crippen molar-refractivity contribution in [2.45, 2.75) is 32.2 Å². The number of benzene rings is 2. The Labute approximate surface area is 142 Å². The van der Waals surface area contributed by atoms with E-state index in [0.29, 0.717) is 12.2 Å². The molecule has 124 valence electrons. The summed E-state index contributed by atoms with van der Waals surface area (Å²) in [5.41, 5.74) is 2.97. The van der Waals surface area contributed by atoms with Crippen molar-refractivity contribution in [2.75, 3.05) is 11.4 Å². The standard InChI is InChI=1S/C20H22N2O2/c1-14-8-10-17(11-9-14)22-19(23)12-18(20(22)24)21-13-15(2)16-6-4-3-5-7-16/h3-11,15,18,21H,12-13H2,1-2H3/t15-,18+/m0/s1. The summed E-state index contributed by atoms with van der Waals surface area (Å²) < 4.78 is 0. The van der Waals surface area contributed by atoms with Crippen LogP contribution in [0.5, 0.6) is 0 Å². The highest BCUT2D eigenvalue weighted by molar-refractivity contribution is 6.22. The minimum Gasteiger partial charge on any atom is -0.305 e. The van der Waals surface area contributed by atoms with E-state index in [0.717, 1.165) is 5.56 Å². The molecule has 0 unspecified atom stereocenters. The largest absolute Gasteiger partial charge is 0.305 e. The van der Waals surface area contributed by atoms with Crippen molar-refractivity contribution in [1.82, 2.24) is 5.32 Å². The van der Waals surface area contributed by atoms with Crippen LogP contribution in [0.2, 0.25) is 0 Å². The average molecular weight is 322 g/mol. The van der Waals surface area contributed by atoms with Gasteiger partial charge in [0.15, 0.2) is 0 Å². The van der Waals surface area contributed by atoms with Crippen molar-refractivity contribution in [3.63, 3.8) is 0 Å². The van der Waals surface area contributed by atoms with Gasteiger partial charge in [0.05, 0.1) is 18.2 Å². The van der Waals surface area contributed by atoms with Gasteiger partial charge in [0.2, 0.25) is 5.91 Å². The van der Waals surface area contributed by atoms with E-state index in [1.807, 2.05) is 49.4 Å². The fourth-order valence-corrected chi connectivity index (χ4v) is 2.97. The Balaban J connectivity index is 1.65. The van der Waals surface area contributed by atoms with E-state index in [1.54, 1.807) is 0 Å². The molecule has 0 radical (unpaired) electrons. The second kappa shape index (κ2) is 6.97. The molecule has 2 aromatic rings. The number of carbonyl (C=O) groups excluding carboxylic acids is 2. The van der Waals surface area contributed by atoms with Crippen LogP contribution in [0.15, 0.2) is 54.6 Å². The lowest BCUT2D eigenvalue weighted by molar-refractivity contribution is -0.121. The summed E-state index contributed by atoms with van der Waals surface area (Å²) in [5.74, 6) is -0.0274. The van der Waals surface area contributed by atoms with Gasteiger partial charge in [0.1, 0.15) is 0 Å². The maximum Gasteiger partial charge on any atom is 0.251 e. The molecule has 4 nitrogen and oxygen atoms in total. The molecule has 0 bridgehead atoms. The second-order valence-corrected chi connectivity index (χ2v) is 6.38. The molecule has 1 fully saturated rings. The lowest BCUT2D eigenvalue weighted by Gasteiger charge is -2.18. The second-order valence-electron chi connectivity index (χ2n) is 6.38. The Morgan fingerprint density at radius 2 is 1.75 bits per heavy atom. The van der Waals surface area contributed by atoms with E-state index in [1.165, 1.54) is 10.5 Å². The maximum atomic E-state index is 12.6. The summed E-state index contributed by atoms with van der Waals surface area (Å²) in [5, 5.41) is 3.26. The van der Waals surface area contributed by atoms with Crippen LogP contribution < -0.4 is 10.2 Å². The zero-order chi connectivity index (χ0) is 17.1. The number of nitrogens with one attached hydrogen (secondary N) is 1. The Bertz CT molecular complexity index is 725. The fourth-order valence-electron chi connectivity index (χ4n) is 2.97. The first-order valence-electron chi connectivity index (χ1n) is 8.28. The number of anilines is 1. The third-order valence-corrected chi connectivity index (χ3v) is 4.48. The van der Waals surface area contributed by atoms with Gasteiger partial charge in [-0.2, -0.15) is 0 Å². The number of carbonyl (C=O) groups is 2. The molecular weight excluding hydrogens is 300 g/mol. The number of hydrogen-bond acceptors (Lipinski definition) is 3. The highest BCUT2D eigenvalue weighted by Crippen LogP contribution is 2.23. The van der Waals surface area contributed by atoms with Gasteiger partial charge in [-0.3, -0.25) is 9.59 Å². The lowest BCUT2D eigenvalue weighted by atomic mass is 10.0. The molecule has 0 saturated carbocycles. The van der Waals surface area contributed by atoms with Crippen LogP contribution in [0.4, 0.5) is 5.69 Å². The summed E-state index contributed by atoms with van der Waals surface area (Å²) in [7, 11) is 0. The number of nitrogens with zero attached hydrogens (tertiary/aromatic N) is 1. The Morgan fingerprint density at radius 1 is 1.08 bits per heavy atom. The van der Waals surface area contributed by atoms with Gasteiger partial charge in [0.25, 0.3) is 5.91 Å². The Kier molecular flexibility index (Phi) is 4.76. The van der Waals surface area contributed by atoms with Crippen molar-refractivity contribution < 1.29 is 9.59 Å². The van der Waals surface area contributed by atoms with Crippen molar-refractivity contribution in [3.05, 3.63) is 65.7 Å². The van der Waals surface area contributed by atoms with Crippen molar-refractivity contribution >= 4 is 17.5 Å². The molecule has 2 amide bonds. The molecule has 1 aliphatic heterocycles. The van der Waals surface area contributed by atoms with E-state index in [-0.39, 0.29) is 24.2 Å². The first-order valence-corrected chi connectivity index (χ1v) is 8.28. The van der Waals surface area contributed by atoms with Crippen LogP contribution in [0.25, 0.3) is 0 Å². The van der Waals surface area contributed by atoms with E-state index >= 15 is 0 Å². The summed E-state index contributed by atoms with van der Waals surface area (Å²) in [6.45, 7) is 4.75. The van der Waals surface area contributed by atoms with Gasteiger partial charge in [-0.1, -0.05) is 55.0 Å². The molecule has 1 heterocycles. The molecule has 1 saturated heterocycles. The monoisotopic (exact) mass is 322 g/mol. The first kappa shape index (κ1) is 16.4. The molecule has 3 rings (SSSR count). The molecule has 1 N–H and O–H groups in total. The highest BCUT2D eigenvalue weighted by Gasteiger charge is 2.39. The average Bonchev–Trinajstić information content (AvgIpc) is 2.88. The number of imide groups is 1. The van der Waals surface area contributed by atoms with Gasteiger partial charge >= 0.3 is 0 Å². The molecule has 0 spiro atoms. The van der Waals surface area contributed by atoms with E-state index < -0.39 is 6.04 Å². The zero-order valence-corrected chi connectivity index (χ0v) is 14.0. The number of amides is 2. The van der Waals surface area contributed by atoms with Gasteiger partial charge in [0, 0.05) is 6.54 Å². The summed E-state index contributed by atoms with van der Waals surface area (Å²) in [6.07, 6.45) is 0.216. The topological polar surface area (TPSA) is 49.4 Å². The Morgan fingerprint density at radius 3 is 2.42 bits per heavy atom. The SMILES string of the molecule is Cc1ccc(N2C(=O)C[C@@H](NC[C@H](C)c3ccccc3)C2=O)cc1. The first-order chi connectivity index (χ1) is 11.6. The fraction of sp³-hybridized carbons (Fsp3) is 0.300. The van der Waals surface area contributed by atoms with Crippen LogP contribution in [-0.4, -0.2) is 24.4 Å². The third kappa shape index (κ3) is 3.39. The van der Waals surface area contributed by atoms with Crippen LogP contribution in [0, 0.1) is 6.92 Å². The molecule has 24 heavy (non-hydrogen) atoms. The predicted octanol–water partition coefficient (Wildman–Crippen LogP) is 3.02.